The summed E-state index contributed by atoms with van der Waals surface area (Å²) >= 11 is 1.29. The second-order valence-corrected chi connectivity index (χ2v) is 6.49. The lowest BCUT2D eigenvalue weighted by Crippen LogP contribution is -2.45. The molecule has 2 rings (SSSR count). The van der Waals surface area contributed by atoms with E-state index in [9.17, 15) is 9.59 Å². The van der Waals surface area contributed by atoms with Crippen LogP contribution in [0.4, 0.5) is 0 Å². The molecular weight excluding hydrogens is 340 g/mol. The number of fused-ring (bicyclic) bond motifs is 1. The molecule has 0 fully saturated rings. The molecule has 1 aromatic carbocycles. The van der Waals surface area contributed by atoms with Crippen LogP contribution in [0, 0.1) is 0 Å². The molecule has 2 aromatic rings. The Morgan fingerprint density at radius 1 is 1.36 bits per heavy atom. The number of carbonyl (C=O) groups excluding carboxylic acids is 2. The molecule has 0 saturated heterocycles. The first-order chi connectivity index (χ1) is 12.0. The summed E-state index contributed by atoms with van der Waals surface area (Å²) in [5.41, 5.74) is 1.68. The number of imidazole rings is 1. The third-order valence-corrected chi connectivity index (χ3v) is 4.28. The number of aromatic amines is 1. The average Bonchev–Trinajstić information content (AvgIpc) is 3.00. The number of rotatable bonds is 9. The number of aromatic nitrogens is 2. The van der Waals surface area contributed by atoms with E-state index < -0.39 is 6.04 Å². The minimum Gasteiger partial charge on any atom is -0.494 e. The van der Waals surface area contributed by atoms with Crippen LogP contribution in [-0.4, -0.2) is 46.7 Å². The molecule has 0 aliphatic heterocycles. The van der Waals surface area contributed by atoms with Crippen LogP contribution in [0.25, 0.3) is 11.0 Å². The third-order valence-electron chi connectivity index (χ3n) is 3.40. The lowest BCUT2D eigenvalue weighted by Gasteiger charge is -2.13. The zero-order valence-electron chi connectivity index (χ0n) is 14.7. The van der Waals surface area contributed by atoms with Gasteiger partial charge in [0.25, 0.3) is 0 Å². The fourth-order valence-electron chi connectivity index (χ4n) is 2.17. The van der Waals surface area contributed by atoms with E-state index in [2.05, 4.69) is 20.6 Å². The van der Waals surface area contributed by atoms with Gasteiger partial charge in [0.2, 0.25) is 11.8 Å². The van der Waals surface area contributed by atoms with Crippen LogP contribution in [0.3, 0.4) is 0 Å². The molecule has 7 nitrogen and oxygen atoms in total. The largest absolute Gasteiger partial charge is 0.494 e. The van der Waals surface area contributed by atoms with Crippen molar-refractivity contribution in [2.45, 2.75) is 38.4 Å². The van der Waals surface area contributed by atoms with Gasteiger partial charge in [0.05, 0.1) is 23.4 Å². The van der Waals surface area contributed by atoms with Crippen molar-refractivity contribution in [2.24, 2.45) is 0 Å². The van der Waals surface area contributed by atoms with E-state index in [1.54, 1.807) is 6.92 Å². The van der Waals surface area contributed by atoms with Crippen LogP contribution in [0.5, 0.6) is 5.75 Å². The highest BCUT2D eigenvalue weighted by atomic mass is 32.2. The fourth-order valence-corrected chi connectivity index (χ4v) is 2.87. The van der Waals surface area contributed by atoms with Gasteiger partial charge in [-0.2, -0.15) is 0 Å². The molecule has 0 unspecified atom stereocenters. The van der Waals surface area contributed by atoms with Gasteiger partial charge in [-0.3, -0.25) is 9.59 Å². The van der Waals surface area contributed by atoms with Crippen LogP contribution in [0.2, 0.25) is 0 Å². The molecule has 136 valence electrons. The number of hydrogen-bond donors (Lipinski definition) is 3. The maximum absolute atomic E-state index is 12.0. The maximum Gasteiger partial charge on any atom is 0.242 e. The van der Waals surface area contributed by atoms with Crippen molar-refractivity contribution in [1.29, 1.82) is 0 Å². The van der Waals surface area contributed by atoms with Crippen molar-refractivity contribution >= 4 is 34.6 Å². The Morgan fingerprint density at radius 2 is 2.16 bits per heavy atom. The van der Waals surface area contributed by atoms with E-state index in [0.29, 0.717) is 18.3 Å². The molecule has 0 spiro atoms. The maximum atomic E-state index is 12.0. The first kappa shape index (κ1) is 19.1. The van der Waals surface area contributed by atoms with Gasteiger partial charge in [-0.1, -0.05) is 18.7 Å². The molecule has 0 aliphatic rings. The van der Waals surface area contributed by atoms with E-state index in [0.717, 1.165) is 23.2 Å². The predicted octanol–water partition coefficient (Wildman–Crippen LogP) is 2.08. The third kappa shape index (κ3) is 5.67. The van der Waals surface area contributed by atoms with Crippen molar-refractivity contribution in [2.75, 3.05) is 18.9 Å². The van der Waals surface area contributed by atoms with Crippen LogP contribution >= 0.6 is 11.8 Å². The van der Waals surface area contributed by atoms with Gasteiger partial charge >= 0.3 is 0 Å². The van der Waals surface area contributed by atoms with Gasteiger partial charge in [0.1, 0.15) is 11.8 Å². The molecule has 1 heterocycles. The van der Waals surface area contributed by atoms with Gasteiger partial charge in [-0.25, -0.2) is 4.98 Å². The monoisotopic (exact) mass is 364 g/mol. The average molecular weight is 364 g/mol. The first-order valence-corrected chi connectivity index (χ1v) is 9.34. The summed E-state index contributed by atoms with van der Waals surface area (Å²) in [4.78, 5) is 31.3. The Balaban J connectivity index is 1.86. The summed E-state index contributed by atoms with van der Waals surface area (Å²) in [6, 6.07) is 5.07. The number of nitrogens with one attached hydrogen (secondary N) is 3. The Labute approximate surface area is 151 Å². The molecule has 0 saturated carbocycles. The van der Waals surface area contributed by atoms with Gasteiger partial charge in [-0.05, 0) is 32.4 Å². The minimum absolute atomic E-state index is 0.174. The van der Waals surface area contributed by atoms with Crippen molar-refractivity contribution in [3.8, 4) is 5.75 Å². The molecule has 8 heteroatoms. The standard InChI is InChI=1S/C17H24N4O3S/c1-4-8-18-16(23)11(3)19-15(22)10-25-17-20-13-7-6-12(24-5-2)9-14(13)21-17/h6-7,9,11H,4-5,8,10H2,1-3H3,(H,18,23)(H,19,22)(H,20,21)/t11-/m1/s1. The molecule has 3 N–H and O–H groups in total. The van der Waals surface area contributed by atoms with Crippen molar-refractivity contribution in [3.63, 3.8) is 0 Å². The summed E-state index contributed by atoms with van der Waals surface area (Å²) in [6.45, 7) is 6.79. The molecule has 2 amide bonds. The number of nitrogens with zero attached hydrogens (tertiary/aromatic N) is 1. The molecule has 1 aromatic heterocycles. The van der Waals surface area contributed by atoms with Crippen LogP contribution in [0.1, 0.15) is 27.2 Å². The predicted molar refractivity (Wildman–Crippen MR) is 98.9 cm³/mol. The molecule has 0 bridgehead atoms. The van der Waals surface area contributed by atoms with E-state index in [1.165, 1.54) is 11.8 Å². The second kappa shape index (κ2) is 9.31. The molecular formula is C17H24N4O3S. The van der Waals surface area contributed by atoms with E-state index in [4.69, 9.17) is 4.74 Å². The van der Waals surface area contributed by atoms with Crippen molar-refractivity contribution in [3.05, 3.63) is 18.2 Å². The van der Waals surface area contributed by atoms with Gasteiger partial charge in [-0.15, -0.1) is 0 Å². The number of H-pyrrole nitrogens is 1. The lowest BCUT2D eigenvalue weighted by molar-refractivity contribution is -0.127. The summed E-state index contributed by atoms with van der Waals surface area (Å²) in [7, 11) is 0. The van der Waals surface area contributed by atoms with Crippen LogP contribution in [-0.2, 0) is 9.59 Å². The Morgan fingerprint density at radius 3 is 2.88 bits per heavy atom. The SMILES string of the molecule is CCCNC(=O)[C@@H](C)NC(=O)CSc1nc2ccc(OCC)cc2[nH]1. The molecule has 0 aliphatic carbocycles. The number of hydrogen-bond acceptors (Lipinski definition) is 5. The summed E-state index contributed by atoms with van der Waals surface area (Å²) in [6.07, 6.45) is 0.860. The van der Waals surface area contributed by atoms with Crippen molar-refractivity contribution in [1.82, 2.24) is 20.6 Å². The Bertz CT molecular complexity index is 732. The second-order valence-electron chi connectivity index (χ2n) is 5.52. The van der Waals surface area contributed by atoms with Crippen LogP contribution in [0.15, 0.2) is 23.4 Å². The van der Waals surface area contributed by atoms with Gasteiger partial charge in [0, 0.05) is 12.6 Å². The number of benzene rings is 1. The van der Waals surface area contributed by atoms with Gasteiger partial charge < -0.3 is 20.4 Å². The van der Waals surface area contributed by atoms with Crippen molar-refractivity contribution < 1.29 is 14.3 Å². The molecule has 0 radical (unpaired) electrons. The first-order valence-electron chi connectivity index (χ1n) is 8.36. The number of thioether (sulfide) groups is 1. The Hall–Kier alpha value is -2.22. The highest BCUT2D eigenvalue weighted by molar-refractivity contribution is 7.99. The normalized spacial score (nSPS) is 12.0. The van der Waals surface area contributed by atoms with Gasteiger partial charge in [0.15, 0.2) is 5.16 Å². The fraction of sp³-hybridized carbons (Fsp3) is 0.471. The molecule has 1 atom stereocenters. The minimum atomic E-state index is -0.552. The number of carbonyl (C=O) groups is 2. The summed E-state index contributed by atoms with van der Waals surface area (Å²) in [5.74, 6) is 0.579. The highest BCUT2D eigenvalue weighted by Gasteiger charge is 2.15. The van der Waals surface area contributed by atoms with E-state index in [-0.39, 0.29) is 17.6 Å². The number of ether oxygens (including phenoxy) is 1. The van der Waals surface area contributed by atoms with Crippen LogP contribution < -0.4 is 15.4 Å². The smallest absolute Gasteiger partial charge is 0.242 e. The topological polar surface area (TPSA) is 96.1 Å². The zero-order valence-corrected chi connectivity index (χ0v) is 15.5. The summed E-state index contributed by atoms with van der Waals surface area (Å²) in [5, 5.41) is 6.09. The number of amides is 2. The summed E-state index contributed by atoms with van der Waals surface area (Å²) < 4.78 is 5.46. The van der Waals surface area contributed by atoms with E-state index in [1.807, 2.05) is 32.0 Å². The lowest BCUT2D eigenvalue weighted by atomic mass is 10.3. The Kier molecular flexibility index (Phi) is 7.12. The quantitative estimate of drug-likeness (QED) is 0.592. The van der Waals surface area contributed by atoms with E-state index >= 15 is 0 Å². The highest BCUT2D eigenvalue weighted by Crippen LogP contribution is 2.23. The zero-order chi connectivity index (χ0) is 18.2. The molecule has 25 heavy (non-hydrogen) atoms.